The number of thiocarbonyl (C=S) groups is 1. The smallest absolute Gasteiger partial charge is 0.174 e. The van der Waals surface area contributed by atoms with Crippen LogP contribution in [0.4, 0.5) is 5.69 Å². The molecule has 0 radical (unpaired) electrons. The van der Waals surface area contributed by atoms with E-state index in [0.29, 0.717) is 10.1 Å². The predicted molar refractivity (Wildman–Crippen MR) is 130 cm³/mol. The summed E-state index contributed by atoms with van der Waals surface area (Å²) in [6.07, 6.45) is 1.77. The number of halogens is 1. The van der Waals surface area contributed by atoms with Crippen molar-refractivity contribution in [3.05, 3.63) is 102 Å². The van der Waals surface area contributed by atoms with E-state index >= 15 is 0 Å². The molecule has 4 aromatic rings. The molecule has 2 aromatic carbocycles. The second kappa shape index (κ2) is 8.86. The van der Waals surface area contributed by atoms with E-state index in [9.17, 15) is 5.11 Å². The number of aromatic nitrogens is 1. The topological polar surface area (TPSA) is 61.5 Å². The molecule has 0 bridgehead atoms. The van der Waals surface area contributed by atoms with Crippen molar-refractivity contribution >= 4 is 46.4 Å². The van der Waals surface area contributed by atoms with Crippen LogP contribution >= 0.6 is 35.6 Å². The third kappa shape index (κ3) is 4.19. The van der Waals surface area contributed by atoms with Crippen LogP contribution in [0.3, 0.4) is 0 Å². The number of hydrogen-bond acceptors (Lipinski definition) is 5. The first-order valence-corrected chi connectivity index (χ1v) is 11.5. The summed E-state index contributed by atoms with van der Waals surface area (Å²) in [4.78, 5) is 7.59. The molecule has 1 fully saturated rings. The third-order valence-corrected chi connectivity index (χ3v) is 6.65. The fourth-order valence-electron chi connectivity index (χ4n) is 3.70. The van der Waals surface area contributed by atoms with Crippen molar-refractivity contribution in [2.75, 3.05) is 4.90 Å². The summed E-state index contributed by atoms with van der Waals surface area (Å²) in [7, 11) is 0. The number of aromatic hydroxyl groups is 1. The molecule has 0 aliphatic carbocycles. The minimum atomic E-state index is -0.249. The van der Waals surface area contributed by atoms with Crippen molar-refractivity contribution in [1.82, 2.24) is 10.3 Å². The van der Waals surface area contributed by atoms with Gasteiger partial charge in [0.2, 0.25) is 0 Å². The first kappa shape index (κ1) is 20.9. The molecule has 32 heavy (non-hydrogen) atoms. The van der Waals surface area contributed by atoms with Gasteiger partial charge in [-0.1, -0.05) is 29.4 Å². The second-order valence-corrected chi connectivity index (χ2v) is 9.13. The number of nitrogens with zero attached hydrogens (tertiary/aromatic N) is 2. The van der Waals surface area contributed by atoms with Gasteiger partial charge in [-0.15, -0.1) is 0 Å². The molecule has 5 nitrogen and oxygen atoms in total. The summed E-state index contributed by atoms with van der Waals surface area (Å²) in [5.41, 5.74) is 1.72. The zero-order valence-electron chi connectivity index (χ0n) is 16.7. The molecule has 1 saturated heterocycles. The minimum absolute atomic E-state index is 0.197. The van der Waals surface area contributed by atoms with E-state index in [0.717, 1.165) is 27.1 Å². The number of phenolic OH excluding ortho intramolecular Hbond substituents is 1. The molecular weight excluding hydrogens is 462 g/mol. The van der Waals surface area contributed by atoms with Gasteiger partial charge in [-0.3, -0.25) is 4.98 Å². The van der Waals surface area contributed by atoms with Gasteiger partial charge in [-0.05, 0) is 85.0 Å². The van der Waals surface area contributed by atoms with E-state index in [1.54, 1.807) is 18.3 Å². The largest absolute Gasteiger partial charge is 0.508 e. The lowest BCUT2D eigenvalue weighted by Crippen LogP contribution is -2.29. The Morgan fingerprint density at radius 3 is 2.50 bits per heavy atom. The molecule has 2 aromatic heterocycles. The highest BCUT2D eigenvalue weighted by Crippen LogP contribution is 2.43. The normalized spacial score (nSPS) is 18.0. The van der Waals surface area contributed by atoms with Crippen LogP contribution in [-0.2, 0) is 0 Å². The fourth-order valence-corrected chi connectivity index (χ4v) is 4.95. The van der Waals surface area contributed by atoms with Gasteiger partial charge in [-0.2, -0.15) is 0 Å². The minimum Gasteiger partial charge on any atom is -0.508 e. The maximum absolute atomic E-state index is 9.73. The van der Waals surface area contributed by atoms with Crippen LogP contribution in [0.1, 0.15) is 23.5 Å². The van der Waals surface area contributed by atoms with Crippen LogP contribution < -0.4 is 10.2 Å². The number of furan rings is 1. The predicted octanol–water partition coefficient (Wildman–Crippen LogP) is 6.36. The van der Waals surface area contributed by atoms with E-state index < -0.39 is 0 Å². The summed E-state index contributed by atoms with van der Waals surface area (Å²) in [6, 6.07) is 23.9. The monoisotopic (exact) mass is 479 g/mol. The molecular formula is C24H18ClN3O2S2. The molecule has 2 N–H and O–H groups in total. The molecule has 0 amide bonds. The highest BCUT2D eigenvalue weighted by molar-refractivity contribution is 7.99. The Labute approximate surface area is 200 Å². The average Bonchev–Trinajstić information content (AvgIpc) is 3.40. The molecule has 3 heterocycles. The highest BCUT2D eigenvalue weighted by atomic mass is 35.5. The lowest BCUT2D eigenvalue weighted by atomic mass is 10.0. The molecule has 5 rings (SSSR count). The number of benzene rings is 2. The number of pyridine rings is 1. The van der Waals surface area contributed by atoms with Crippen molar-refractivity contribution < 1.29 is 9.52 Å². The number of hydrogen-bond donors (Lipinski definition) is 2. The van der Waals surface area contributed by atoms with Gasteiger partial charge in [0, 0.05) is 21.8 Å². The first-order chi connectivity index (χ1) is 15.6. The summed E-state index contributed by atoms with van der Waals surface area (Å²) in [5.74, 6) is 0.960. The van der Waals surface area contributed by atoms with E-state index in [-0.39, 0.29) is 17.8 Å². The SMILES string of the molecule is Oc1ccc(N2C(=S)N[C@H](c3ccccn3)[C@H]2c2ccc(Sc3ccc(Cl)cc3)o2)cc1. The van der Waals surface area contributed by atoms with Gasteiger partial charge in [0.15, 0.2) is 10.2 Å². The zero-order chi connectivity index (χ0) is 22.1. The number of rotatable bonds is 5. The van der Waals surface area contributed by atoms with Crippen molar-refractivity contribution in [3.63, 3.8) is 0 Å². The first-order valence-electron chi connectivity index (χ1n) is 9.91. The van der Waals surface area contributed by atoms with Crippen LogP contribution in [0.25, 0.3) is 0 Å². The van der Waals surface area contributed by atoms with Crippen LogP contribution in [0.15, 0.2) is 99.5 Å². The Morgan fingerprint density at radius 1 is 1.00 bits per heavy atom. The van der Waals surface area contributed by atoms with Crippen molar-refractivity contribution in [2.45, 2.75) is 22.1 Å². The zero-order valence-corrected chi connectivity index (χ0v) is 19.1. The summed E-state index contributed by atoms with van der Waals surface area (Å²) in [5, 5.41) is 15.2. The van der Waals surface area contributed by atoms with Crippen molar-refractivity contribution in [2.24, 2.45) is 0 Å². The molecule has 0 saturated carbocycles. The molecule has 1 aliphatic heterocycles. The van der Waals surface area contributed by atoms with Gasteiger partial charge < -0.3 is 19.7 Å². The van der Waals surface area contributed by atoms with E-state index in [2.05, 4.69) is 10.3 Å². The Bertz CT molecular complexity index is 1230. The maximum Gasteiger partial charge on any atom is 0.174 e. The van der Waals surface area contributed by atoms with Crippen molar-refractivity contribution in [1.29, 1.82) is 0 Å². The van der Waals surface area contributed by atoms with Gasteiger partial charge in [0.25, 0.3) is 0 Å². The third-order valence-electron chi connectivity index (χ3n) is 5.15. The standard InChI is InChI=1S/C24H18ClN3O2S2/c25-15-4-10-18(11-5-15)32-21-13-12-20(30-21)23-22(19-3-1-2-14-26-19)27-24(31)28(23)16-6-8-17(29)9-7-16/h1-14,22-23,29H,(H,27,31)/t22-,23-/m1/s1. The highest BCUT2D eigenvalue weighted by Gasteiger charge is 2.42. The Morgan fingerprint density at radius 2 is 1.78 bits per heavy atom. The quantitative estimate of drug-likeness (QED) is 0.323. The van der Waals surface area contributed by atoms with Gasteiger partial charge in [-0.25, -0.2) is 0 Å². The van der Waals surface area contributed by atoms with Gasteiger partial charge in [0.1, 0.15) is 17.6 Å². The summed E-state index contributed by atoms with van der Waals surface area (Å²) >= 11 is 13.2. The van der Waals surface area contributed by atoms with Crippen LogP contribution in [-0.4, -0.2) is 15.2 Å². The molecule has 0 spiro atoms. The molecule has 160 valence electrons. The summed E-state index contributed by atoms with van der Waals surface area (Å²) in [6.45, 7) is 0. The molecule has 1 aliphatic rings. The lowest BCUT2D eigenvalue weighted by Gasteiger charge is -2.26. The Kier molecular flexibility index (Phi) is 5.78. The molecule has 2 atom stereocenters. The number of phenols is 1. The van der Waals surface area contributed by atoms with Crippen LogP contribution in [0.2, 0.25) is 5.02 Å². The summed E-state index contributed by atoms with van der Waals surface area (Å²) < 4.78 is 6.29. The van der Waals surface area contributed by atoms with Gasteiger partial charge in [0.05, 0.1) is 11.7 Å². The fraction of sp³-hybridized carbons (Fsp3) is 0.0833. The Balaban J connectivity index is 1.52. The lowest BCUT2D eigenvalue weighted by molar-refractivity contribution is 0.383. The van der Waals surface area contributed by atoms with Gasteiger partial charge >= 0.3 is 0 Å². The van der Waals surface area contributed by atoms with Crippen LogP contribution in [0.5, 0.6) is 5.75 Å². The van der Waals surface area contributed by atoms with E-state index in [1.165, 1.54) is 11.8 Å². The Hall–Kier alpha value is -3.00. The molecule has 8 heteroatoms. The number of nitrogens with one attached hydrogen (secondary N) is 1. The second-order valence-electron chi connectivity index (χ2n) is 7.23. The van der Waals surface area contributed by atoms with Crippen LogP contribution in [0, 0.1) is 0 Å². The number of anilines is 1. The van der Waals surface area contributed by atoms with Crippen molar-refractivity contribution in [3.8, 4) is 5.75 Å². The molecule has 0 unspecified atom stereocenters. The van der Waals surface area contributed by atoms with E-state index in [4.69, 9.17) is 28.2 Å². The van der Waals surface area contributed by atoms with E-state index in [1.807, 2.05) is 71.6 Å². The maximum atomic E-state index is 9.73. The average molecular weight is 480 g/mol.